The molecule has 12 heavy (non-hydrogen) atoms. The van der Waals surface area contributed by atoms with Gasteiger partial charge in [-0.3, -0.25) is 0 Å². The summed E-state index contributed by atoms with van der Waals surface area (Å²) >= 11 is 0. The van der Waals surface area contributed by atoms with Gasteiger partial charge in [-0.25, -0.2) is 0 Å². The summed E-state index contributed by atoms with van der Waals surface area (Å²) in [6, 6.07) is 0.556. The SMILES string of the molecule is CC(C)NCCCCOCC=O. The van der Waals surface area contributed by atoms with Gasteiger partial charge in [-0.15, -0.1) is 0 Å². The fraction of sp³-hybridized carbons (Fsp3) is 0.889. The van der Waals surface area contributed by atoms with Crippen LogP contribution in [0.3, 0.4) is 0 Å². The number of rotatable bonds is 8. The van der Waals surface area contributed by atoms with Gasteiger partial charge >= 0.3 is 0 Å². The van der Waals surface area contributed by atoms with E-state index < -0.39 is 0 Å². The Hall–Kier alpha value is -0.410. The summed E-state index contributed by atoms with van der Waals surface area (Å²) in [6.07, 6.45) is 2.91. The van der Waals surface area contributed by atoms with Gasteiger partial charge in [0.1, 0.15) is 12.9 Å². The first kappa shape index (κ1) is 11.6. The molecule has 0 unspecified atom stereocenters. The van der Waals surface area contributed by atoms with E-state index in [2.05, 4.69) is 19.2 Å². The number of ether oxygens (including phenoxy) is 1. The van der Waals surface area contributed by atoms with Crippen molar-refractivity contribution in [2.24, 2.45) is 0 Å². The van der Waals surface area contributed by atoms with Crippen LogP contribution < -0.4 is 5.32 Å². The second-order valence-electron chi connectivity index (χ2n) is 3.06. The predicted molar refractivity (Wildman–Crippen MR) is 49.3 cm³/mol. The Morgan fingerprint density at radius 3 is 2.75 bits per heavy atom. The minimum absolute atomic E-state index is 0.234. The quantitative estimate of drug-likeness (QED) is 0.439. The molecule has 0 aromatic rings. The molecule has 0 radical (unpaired) electrons. The van der Waals surface area contributed by atoms with Crippen LogP contribution in [0.5, 0.6) is 0 Å². The highest BCUT2D eigenvalue weighted by Gasteiger charge is 1.91. The van der Waals surface area contributed by atoms with Crippen LogP contribution in [0.15, 0.2) is 0 Å². The Kier molecular flexibility index (Phi) is 8.39. The fourth-order valence-electron chi connectivity index (χ4n) is 0.851. The summed E-state index contributed by atoms with van der Waals surface area (Å²) < 4.78 is 4.99. The minimum atomic E-state index is 0.234. The molecule has 0 saturated carbocycles. The largest absolute Gasteiger partial charge is 0.374 e. The van der Waals surface area contributed by atoms with Crippen molar-refractivity contribution in [3.63, 3.8) is 0 Å². The molecule has 0 amide bonds. The third-order valence-corrected chi connectivity index (χ3v) is 1.45. The van der Waals surface area contributed by atoms with Crippen LogP contribution >= 0.6 is 0 Å². The zero-order valence-electron chi connectivity index (χ0n) is 8.01. The third-order valence-electron chi connectivity index (χ3n) is 1.45. The van der Waals surface area contributed by atoms with Gasteiger partial charge in [0.05, 0.1) is 0 Å². The molecule has 0 fully saturated rings. The first-order valence-electron chi connectivity index (χ1n) is 4.52. The lowest BCUT2D eigenvalue weighted by molar-refractivity contribution is -0.111. The summed E-state index contributed by atoms with van der Waals surface area (Å²) in [6.45, 7) is 6.21. The molecule has 0 saturated heterocycles. The Morgan fingerprint density at radius 1 is 1.42 bits per heavy atom. The van der Waals surface area contributed by atoms with Crippen molar-refractivity contribution in [3.8, 4) is 0 Å². The summed E-state index contributed by atoms with van der Waals surface area (Å²) in [5, 5.41) is 3.31. The van der Waals surface area contributed by atoms with Crippen LogP contribution in [0.1, 0.15) is 26.7 Å². The summed E-state index contributed by atoms with van der Waals surface area (Å²) in [7, 11) is 0. The Balaban J connectivity index is 2.86. The standard InChI is InChI=1S/C9H19NO2/c1-9(2)10-5-3-4-7-12-8-6-11/h6,9-10H,3-5,7-8H2,1-2H3. The maximum Gasteiger partial charge on any atom is 0.145 e. The van der Waals surface area contributed by atoms with E-state index in [1.165, 1.54) is 0 Å². The Morgan fingerprint density at radius 2 is 2.17 bits per heavy atom. The lowest BCUT2D eigenvalue weighted by atomic mass is 10.3. The second kappa shape index (κ2) is 8.68. The molecule has 0 spiro atoms. The zero-order chi connectivity index (χ0) is 9.23. The van der Waals surface area contributed by atoms with Crippen molar-refractivity contribution >= 4 is 6.29 Å². The maximum atomic E-state index is 9.85. The highest BCUT2D eigenvalue weighted by molar-refractivity contribution is 5.50. The lowest BCUT2D eigenvalue weighted by Gasteiger charge is -2.06. The number of carbonyl (C=O) groups excluding carboxylic acids is 1. The summed E-state index contributed by atoms with van der Waals surface area (Å²) in [5.74, 6) is 0. The number of unbranched alkanes of at least 4 members (excludes halogenated alkanes) is 1. The van der Waals surface area contributed by atoms with Crippen molar-refractivity contribution in [2.75, 3.05) is 19.8 Å². The van der Waals surface area contributed by atoms with Crippen molar-refractivity contribution in [1.82, 2.24) is 5.32 Å². The minimum Gasteiger partial charge on any atom is -0.374 e. The van der Waals surface area contributed by atoms with E-state index in [-0.39, 0.29) is 6.61 Å². The smallest absolute Gasteiger partial charge is 0.145 e. The van der Waals surface area contributed by atoms with Crippen LogP contribution in [-0.4, -0.2) is 32.1 Å². The van der Waals surface area contributed by atoms with E-state index in [1.54, 1.807) is 0 Å². The summed E-state index contributed by atoms with van der Waals surface area (Å²) in [5.41, 5.74) is 0. The van der Waals surface area contributed by atoms with Gasteiger partial charge in [0.15, 0.2) is 0 Å². The number of hydrogen-bond donors (Lipinski definition) is 1. The van der Waals surface area contributed by atoms with Gasteiger partial charge in [0.25, 0.3) is 0 Å². The van der Waals surface area contributed by atoms with E-state index >= 15 is 0 Å². The van der Waals surface area contributed by atoms with Crippen molar-refractivity contribution in [3.05, 3.63) is 0 Å². The maximum absolute atomic E-state index is 9.85. The molecular weight excluding hydrogens is 154 g/mol. The van der Waals surface area contributed by atoms with E-state index in [0.717, 1.165) is 25.7 Å². The van der Waals surface area contributed by atoms with E-state index in [4.69, 9.17) is 4.74 Å². The van der Waals surface area contributed by atoms with E-state index in [0.29, 0.717) is 12.6 Å². The zero-order valence-corrected chi connectivity index (χ0v) is 8.01. The number of carbonyl (C=O) groups is 1. The molecule has 0 atom stereocenters. The van der Waals surface area contributed by atoms with Crippen molar-refractivity contribution in [2.45, 2.75) is 32.7 Å². The van der Waals surface area contributed by atoms with Crippen molar-refractivity contribution in [1.29, 1.82) is 0 Å². The molecule has 3 nitrogen and oxygen atoms in total. The van der Waals surface area contributed by atoms with Crippen LogP contribution in [0.2, 0.25) is 0 Å². The van der Waals surface area contributed by atoms with E-state index in [1.807, 2.05) is 0 Å². The molecule has 0 aliphatic heterocycles. The van der Waals surface area contributed by atoms with Gasteiger partial charge in [-0.05, 0) is 19.4 Å². The molecule has 0 heterocycles. The van der Waals surface area contributed by atoms with Gasteiger partial charge in [-0.2, -0.15) is 0 Å². The van der Waals surface area contributed by atoms with Gasteiger partial charge in [0.2, 0.25) is 0 Å². The average Bonchev–Trinajstić information content (AvgIpc) is 2.02. The molecular formula is C9H19NO2. The first-order chi connectivity index (χ1) is 5.77. The molecule has 72 valence electrons. The van der Waals surface area contributed by atoms with Crippen LogP contribution in [0.4, 0.5) is 0 Å². The van der Waals surface area contributed by atoms with Gasteiger partial charge in [-0.1, -0.05) is 13.8 Å². The molecule has 0 aromatic carbocycles. The van der Waals surface area contributed by atoms with E-state index in [9.17, 15) is 4.79 Å². The number of hydrogen-bond acceptors (Lipinski definition) is 3. The topological polar surface area (TPSA) is 38.3 Å². The fourth-order valence-corrected chi connectivity index (χ4v) is 0.851. The predicted octanol–water partition coefficient (Wildman–Crippen LogP) is 0.980. The molecule has 0 bridgehead atoms. The monoisotopic (exact) mass is 173 g/mol. The molecule has 0 aliphatic rings. The van der Waals surface area contributed by atoms with Gasteiger partial charge < -0.3 is 14.8 Å². The average molecular weight is 173 g/mol. The Labute approximate surface area is 74.5 Å². The second-order valence-corrected chi connectivity index (χ2v) is 3.06. The van der Waals surface area contributed by atoms with Crippen LogP contribution in [-0.2, 0) is 9.53 Å². The first-order valence-corrected chi connectivity index (χ1v) is 4.52. The molecule has 0 aliphatic carbocycles. The highest BCUT2D eigenvalue weighted by Crippen LogP contribution is 1.88. The number of nitrogens with one attached hydrogen (secondary N) is 1. The Bertz CT molecular complexity index is 105. The number of aldehydes is 1. The molecule has 0 aromatic heterocycles. The molecule has 1 N–H and O–H groups in total. The van der Waals surface area contributed by atoms with Crippen LogP contribution in [0, 0.1) is 0 Å². The normalized spacial score (nSPS) is 10.6. The van der Waals surface area contributed by atoms with Gasteiger partial charge in [0, 0.05) is 12.6 Å². The van der Waals surface area contributed by atoms with Crippen LogP contribution in [0.25, 0.3) is 0 Å². The molecule has 0 rings (SSSR count). The third kappa shape index (κ3) is 9.59. The van der Waals surface area contributed by atoms with Crippen molar-refractivity contribution < 1.29 is 9.53 Å². The highest BCUT2D eigenvalue weighted by atomic mass is 16.5. The lowest BCUT2D eigenvalue weighted by Crippen LogP contribution is -2.23. The summed E-state index contributed by atoms with van der Waals surface area (Å²) in [4.78, 5) is 9.85. The molecule has 3 heteroatoms.